The summed E-state index contributed by atoms with van der Waals surface area (Å²) in [5.41, 5.74) is 1.13. The fraction of sp³-hybridized carbons (Fsp3) is 0.300. The van der Waals surface area contributed by atoms with Crippen molar-refractivity contribution < 1.29 is 23.8 Å². The largest absolute Gasteiger partial charge is 0.493 e. The number of benzene rings is 2. The maximum atomic E-state index is 12.2. The molecule has 0 aliphatic heterocycles. The van der Waals surface area contributed by atoms with Crippen molar-refractivity contribution in [3.05, 3.63) is 58.6 Å². The maximum absolute atomic E-state index is 12.2. The molecule has 7 heteroatoms. The van der Waals surface area contributed by atoms with Gasteiger partial charge in [-0.3, -0.25) is 4.79 Å². The van der Waals surface area contributed by atoms with E-state index in [1.807, 2.05) is 19.9 Å². The summed E-state index contributed by atoms with van der Waals surface area (Å²) in [5.74, 6) is -0.0755. The highest BCUT2D eigenvalue weighted by atomic mass is 35.5. The Morgan fingerprint density at radius 3 is 2.59 bits per heavy atom. The summed E-state index contributed by atoms with van der Waals surface area (Å²) in [7, 11) is 1.52. The Balaban J connectivity index is 1.92. The molecule has 0 aliphatic carbocycles. The van der Waals surface area contributed by atoms with Crippen LogP contribution >= 0.6 is 11.6 Å². The first kappa shape index (κ1) is 20.6. The lowest BCUT2D eigenvalue weighted by Crippen LogP contribution is -2.31. The molecule has 0 aromatic heterocycles. The highest BCUT2D eigenvalue weighted by Crippen LogP contribution is 2.28. The summed E-state index contributed by atoms with van der Waals surface area (Å²) in [6.45, 7) is 3.69. The van der Waals surface area contributed by atoms with Gasteiger partial charge in [0.25, 0.3) is 5.91 Å². The van der Waals surface area contributed by atoms with Gasteiger partial charge >= 0.3 is 5.97 Å². The van der Waals surface area contributed by atoms with E-state index < -0.39 is 11.9 Å². The molecular formula is C20H22ClNO5. The first-order valence-electron chi connectivity index (χ1n) is 8.47. The van der Waals surface area contributed by atoms with Gasteiger partial charge < -0.3 is 19.5 Å². The predicted molar refractivity (Wildman–Crippen MR) is 102 cm³/mol. The first-order chi connectivity index (χ1) is 12.9. The van der Waals surface area contributed by atoms with Crippen LogP contribution in [-0.2, 0) is 9.53 Å². The Morgan fingerprint density at radius 2 is 1.93 bits per heavy atom. The van der Waals surface area contributed by atoms with Gasteiger partial charge in [-0.25, -0.2) is 4.79 Å². The minimum atomic E-state index is -0.621. The van der Waals surface area contributed by atoms with Crippen LogP contribution in [0.1, 0.15) is 35.8 Å². The lowest BCUT2D eigenvalue weighted by molar-refractivity contribution is -0.124. The molecule has 0 spiro atoms. The van der Waals surface area contributed by atoms with Crippen molar-refractivity contribution in [1.29, 1.82) is 0 Å². The number of carbonyl (C=O) groups excluding carboxylic acids is 2. The maximum Gasteiger partial charge on any atom is 0.338 e. The molecule has 0 saturated heterocycles. The van der Waals surface area contributed by atoms with Crippen molar-refractivity contribution in [3.8, 4) is 11.5 Å². The van der Waals surface area contributed by atoms with E-state index in [-0.39, 0.29) is 18.2 Å². The second-order valence-electron chi connectivity index (χ2n) is 5.72. The van der Waals surface area contributed by atoms with Crippen LogP contribution < -0.4 is 14.8 Å². The molecule has 0 heterocycles. The van der Waals surface area contributed by atoms with Crippen LogP contribution in [0, 0.1) is 0 Å². The van der Waals surface area contributed by atoms with E-state index >= 15 is 0 Å². The third-order valence-corrected chi connectivity index (χ3v) is 3.99. The summed E-state index contributed by atoms with van der Waals surface area (Å²) in [6.07, 6.45) is 0. The van der Waals surface area contributed by atoms with Gasteiger partial charge in [-0.05, 0) is 49.7 Å². The third-order valence-electron chi connectivity index (χ3n) is 3.76. The number of amides is 1. The molecule has 144 valence electrons. The molecule has 0 fully saturated rings. The van der Waals surface area contributed by atoms with Crippen LogP contribution in [0.3, 0.4) is 0 Å². The Labute approximate surface area is 163 Å². The number of hydrogen-bond donors (Lipinski definition) is 1. The smallest absolute Gasteiger partial charge is 0.338 e. The SMILES string of the molecule is CCOc1cc(C(=O)OCC(=O)N[C@@H](C)c2cccc(Cl)c2)ccc1OC. The lowest BCUT2D eigenvalue weighted by Gasteiger charge is -2.15. The predicted octanol–water partition coefficient (Wildman–Crippen LogP) is 3.78. The average Bonchev–Trinajstić information content (AvgIpc) is 2.66. The summed E-state index contributed by atoms with van der Waals surface area (Å²) < 4.78 is 15.7. The molecule has 0 bridgehead atoms. The quantitative estimate of drug-likeness (QED) is 0.693. The van der Waals surface area contributed by atoms with Gasteiger partial charge in [0, 0.05) is 5.02 Å². The second kappa shape index (κ2) is 9.83. The van der Waals surface area contributed by atoms with Crippen molar-refractivity contribution in [2.24, 2.45) is 0 Å². The number of halogens is 1. The van der Waals surface area contributed by atoms with E-state index in [1.54, 1.807) is 30.3 Å². The normalized spacial score (nSPS) is 11.4. The number of nitrogens with one attached hydrogen (secondary N) is 1. The van der Waals surface area contributed by atoms with Crippen molar-refractivity contribution in [2.45, 2.75) is 19.9 Å². The van der Waals surface area contributed by atoms with E-state index in [2.05, 4.69) is 5.32 Å². The van der Waals surface area contributed by atoms with E-state index in [0.29, 0.717) is 23.1 Å². The zero-order valence-electron chi connectivity index (χ0n) is 15.5. The molecule has 6 nitrogen and oxygen atoms in total. The van der Waals surface area contributed by atoms with Crippen LogP contribution in [0.15, 0.2) is 42.5 Å². The number of rotatable bonds is 8. The molecule has 0 saturated carbocycles. The standard InChI is InChI=1S/C20H22ClNO5/c1-4-26-18-11-15(8-9-17(18)25-3)20(24)27-12-19(23)22-13(2)14-6-5-7-16(21)10-14/h5-11,13H,4,12H2,1-3H3,(H,22,23)/t13-/m0/s1. The van der Waals surface area contributed by atoms with Gasteiger partial charge in [-0.15, -0.1) is 0 Å². The number of methoxy groups -OCH3 is 1. The minimum Gasteiger partial charge on any atom is -0.493 e. The Bertz CT molecular complexity index is 809. The Morgan fingerprint density at radius 1 is 1.15 bits per heavy atom. The molecule has 1 amide bonds. The first-order valence-corrected chi connectivity index (χ1v) is 8.85. The molecule has 2 rings (SSSR count). The van der Waals surface area contributed by atoms with Gasteiger partial charge in [-0.2, -0.15) is 0 Å². The molecule has 0 aliphatic rings. The third kappa shape index (κ3) is 5.89. The van der Waals surface area contributed by atoms with Gasteiger partial charge in [0.2, 0.25) is 0 Å². The van der Waals surface area contributed by atoms with E-state index in [4.69, 9.17) is 25.8 Å². The zero-order valence-corrected chi connectivity index (χ0v) is 16.2. The summed E-state index contributed by atoms with van der Waals surface area (Å²) >= 11 is 5.95. The number of ether oxygens (including phenoxy) is 3. The second-order valence-corrected chi connectivity index (χ2v) is 6.16. The fourth-order valence-corrected chi connectivity index (χ4v) is 2.63. The average molecular weight is 392 g/mol. The van der Waals surface area contributed by atoms with Crippen LogP contribution in [0.4, 0.5) is 0 Å². The molecule has 1 N–H and O–H groups in total. The van der Waals surface area contributed by atoms with E-state index in [1.165, 1.54) is 13.2 Å². The fourth-order valence-electron chi connectivity index (χ4n) is 2.43. The molecule has 1 atom stereocenters. The van der Waals surface area contributed by atoms with Crippen LogP contribution in [0.5, 0.6) is 11.5 Å². The minimum absolute atomic E-state index is 0.263. The zero-order chi connectivity index (χ0) is 19.8. The monoisotopic (exact) mass is 391 g/mol. The van der Waals surface area contributed by atoms with Crippen molar-refractivity contribution in [1.82, 2.24) is 5.32 Å². The number of carbonyl (C=O) groups is 2. The molecular weight excluding hydrogens is 370 g/mol. The van der Waals surface area contributed by atoms with Crippen LogP contribution in [-0.4, -0.2) is 32.2 Å². The Kier molecular flexibility index (Phi) is 7.49. The van der Waals surface area contributed by atoms with Gasteiger partial charge in [0.15, 0.2) is 18.1 Å². The molecule has 0 unspecified atom stereocenters. The van der Waals surface area contributed by atoms with Gasteiger partial charge in [-0.1, -0.05) is 23.7 Å². The lowest BCUT2D eigenvalue weighted by atomic mass is 10.1. The number of hydrogen-bond acceptors (Lipinski definition) is 5. The molecule has 27 heavy (non-hydrogen) atoms. The van der Waals surface area contributed by atoms with Gasteiger partial charge in [0.1, 0.15) is 0 Å². The topological polar surface area (TPSA) is 73.9 Å². The highest BCUT2D eigenvalue weighted by Gasteiger charge is 2.15. The van der Waals surface area contributed by atoms with E-state index in [9.17, 15) is 9.59 Å². The summed E-state index contributed by atoms with van der Waals surface area (Å²) in [4.78, 5) is 24.2. The van der Waals surface area contributed by atoms with Crippen molar-refractivity contribution in [3.63, 3.8) is 0 Å². The molecule has 0 radical (unpaired) electrons. The van der Waals surface area contributed by atoms with Crippen molar-refractivity contribution >= 4 is 23.5 Å². The molecule has 2 aromatic rings. The van der Waals surface area contributed by atoms with Gasteiger partial charge in [0.05, 0.1) is 25.3 Å². The van der Waals surface area contributed by atoms with E-state index in [0.717, 1.165) is 5.56 Å². The van der Waals surface area contributed by atoms with Crippen molar-refractivity contribution in [2.75, 3.05) is 20.3 Å². The summed E-state index contributed by atoms with van der Waals surface area (Å²) in [5, 5.41) is 3.35. The number of esters is 1. The summed E-state index contributed by atoms with van der Waals surface area (Å²) in [6, 6.07) is 11.6. The highest BCUT2D eigenvalue weighted by molar-refractivity contribution is 6.30. The van der Waals surface area contributed by atoms with Crippen LogP contribution in [0.25, 0.3) is 0 Å². The Hall–Kier alpha value is -2.73. The molecule has 2 aromatic carbocycles. The van der Waals surface area contributed by atoms with Crippen LogP contribution in [0.2, 0.25) is 5.02 Å².